The molecule has 0 unspecified atom stereocenters. The third-order valence-electron chi connectivity index (χ3n) is 1.99. The van der Waals surface area contributed by atoms with Crippen LogP contribution < -0.4 is 0 Å². The van der Waals surface area contributed by atoms with Gasteiger partial charge in [-0.15, -0.1) is 0 Å². The summed E-state index contributed by atoms with van der Waals surface area (Å²) in [7, 11) is 3.42. The van der Waals surface area contributed by atoms with Gasteiger partial charge in [-0.1, -0.05) is 0 Å². The number of carbonyl (C=O) groups excluding carboxylic acids is 1. The Bertz CT molecular complexity index is 235. The van der Waals surface area contributed by atoms with Crippen LogP contribution >= 0.6 is 0 Å². The van der Waals surface area contributed by atoms with Crippen molar-refractivity contribution in [1.82, 2.24) is 10.0 Å². The van der Waals surface area contributed by atoms with Crippen LogP contribution in [-0.4, -0.2) is 35.6 Å². The summed E-state index contributed by atoms with van der Waals surface area (Å²) in [4.78, 5) is 11.5. The van der Waals surface area contributed by atoms with Crippen LogP contribution in [0.3, 0.4) is 0 Å². The highest BCUT2D eigenvalue weighted by molar-refractivity contribution is 5.84. The Kier molecular flexibility index (Phi) is 1.78. The summed E-state index contributed by atoms with van der Waals surface area (Å²) < 4.78 is 5.31. The van der Waals surface area contributed by atoms with Crippen molar-refractivity contribution in [2.75, 3.05) is 14.1 Å². The van der Waals surface area contributed by atoms with Crippen LogP contribution in [0.25, 0.3) is 0 Å². The summed E-state index contributed by atoms with van der Waals surface area (Å²) in [6.45, 7) is 7.14. The first kappa shape index (κ1) is 8.90. The molecule has 68 valence electrons. The molecule has 0 aromatic rings. The van der Waals surface area contributed by atoms with Crippen LogP contribution in [0.2, 0.25) is 0 Å². The lowest BCUT2D eigenvalue weighted by Gasteiger charge is -2.43. The Labute approximate surface area is 72.4 Å². The van der Waals surface area contributed by atoms with E-state index in [9.17, 15) is 4.79 Å². The summed E-state index contributed by atoms with van der Waals surface area (Å²) in [5.41, 5.74) is -0.793. The first-order valence-electron chi connectivity index (χ1n) is 3.76. The third-order valence-corrected chi connectivity index (χ3v) is 1.99. The number of likely N-dealkylation sites (N-methyl/N-ethyl adjacent to an activating group) is 1. The minimum absolute atomic E-state index is 0.0719. The number of carbonyl (C=O) groups is 1. The van der Waals surface area contributed by atoms with E-state index in [0.29, 0.717) is 5.88 Å². The Morgan fingerprint density at radius 1 is 1.33 bits per heavy atom. The van der Waals surface area contributed by atoms with Gasteiger partial charge in [-0.05, 0) is 20.4 Å². The lowest BCUT2D eigenvalue weighted by atomic mass is 10.1. The molecular weight excluding hydrogens is 156 g/mol. The Morgan fingerprint density at radius 2 is 1.83 bits per heavy atom. The maximum absolute atomic E-state index is 11.5. The Hall–Kier alpha value is -1.19. The molecule has 0 aromatic carbocycles. The largest absolute Gasteiger partial charge is 0.462 e. The van der Waals surface area contributed by atoms with E-state index in [1.54, 1.807) is 33.0 Å². The second-order valence-electron chi connectivity index (χ2n) is 3.36. The number of hydrazine groups is 1. The van der Waals surface area contributed by atoms with Crippen LogP contribution in [-0.2, 0) is 9.53 Å². The Balaban J connectivity index is 2.93. The smallest absolute Gasteiger partial charge is 0.284 e. The molecule has 1 heterocycles. The molecule has 1 aliphatic heterocycles. The van der Waals surface area contributed by atoms with Crippen LogP contribution in [0, 0.1) is 0 Å². The highest BCUT2D eigenvalue weighted by Crippen LogP contribution is 2.24. The molecule has 4 nitrogen and oxygen atoms in total. The van der Waals surface area contributed by atoms with Gasteiger partial charge in [0, 0.05) is 14.1 Å². The number of hydrogen-bond donors (Lipinski definition) is 0. The van der Waals surface area contributed by atoms with Crippen LogP contribution in [0.15, 0.2) is 12.5 Å². The van der Waals surface area contributed by atoms with E-state index in [-0.39, 0.29) is 5.91 Å². The normalized spacial score (nSPS) is 22.7. The molecule has 0 bridgehead atoms. The van der Waals surface area contributed by atoms with Crippen molar-refractivity contribution in [3.8, 4) is 0 Å². The van der Waals surface area contributed by atoms with E-state index in [4.69, 9.17) is 4.74 Å². The van der Waals surface area contributed by atoms with Gasteiger partial charge >= 0.3 is 0 Å². The molecule has 1 amide bonds. The lowest BCUT2D eigenvalue weighted by Crippen LogP contribution is -2.56. The summed E-state index contributed by atoms with van der Waals surface area (Å²) in [6.07, 6.45) is 0. The van der Waals surface area contributed by atoms with Gasteiger partial charge in [0.15, 0.2) is 5.60 Å². The molecule has 0 spiro atoms. The van der Waals surface area contributed by atoms with Gasteiger partial charge in [0.1, 0.15) is 0 Å². The zero-order chi connectivity index (χ0) is 9.52. The van der Waals surface area contributed by atoms with Gasteiger partial charge in [-0.2, -0.15) is 0 Å². The van der Waals surface area contributed by atoms with Gasteiger partial charge < -0.3 is 4.74 Å². The molecule has 0 aromatic heterocycles. The molecule has 1 rings (SSSR count). The van der Waals surface area contributed by atoms with Crippen molar-refractivity contribution >= 4 is 5.91 Å². The van der Waals surface area contributed by atoms with E-state index in [0.717, 1.165) is 0 Å². The number of ether oxygens (including phenoxy) is 1. The second-order valence-corrected chi connectivity index (χ2v) is 3.36. The molecule has 12 heavy (non-hydrogen) atoms. The highest BCUT2D eigenvalue weighted by Gasteiger charge is 2.40. The van der Waals surface area contributed by atoms with Crippen molar-refractivity contribution in [2.45, 2.75) is 19.4 Å². The Morgan fingerprint density at radius 3 is 2.33 bits per heavy atom. The molecule has 4 heteroatoms. The van der Waals surface area contributed by atoms with E-state index in [1.807, 2.05) is 0 Å². The van der Waals surface area contributed by atoms with E-state index in [2.05, 4.69) is 6.58 Å². The fraction of sp³-hybridized carbons (Fsp3) is 0.625. The maximum atomic E-state index is 11.5. The summed E-state index contributed by atoms with van der Waals surface area (Å²) >= 11 is 0. The molecule has 1 aliphatic rings. The fourth-order valence-corrected chi connectivity index (χ4v) is 1.10. The topological polar surface area (TPSA) is 32.8 Å². The van der Waals surface area contributed by atoms with Crippen LogP contribution in [0.5, 0.6) is 0 Å². The zero-order valence-electron chi connectivity index (χ0n) is 7.92. The first-order valence-corrected chi connectivity index (χ1v) is 3.76. The fourth-order valence-electron chi connectivity index (χ4n) is 1.10. The molecule has 1 saturated heterocycles. The van der Waals surface area contributed by atoms with Gasteiger partial charge in [0.05, 0.1) is 0 Å². The predicted molar refractivity (Wildman–Crippen MR) is 44.8 cm³/mol. The summed E-state index contributed by atoms with van der Waals surface area (Å²) in [5.74, 6) is 0.416. The van der Waals surface area contributed by atoms with Gasteiger partial charge in [-0.3, -0.25) is 14.8 Å². The van der Waals surface area contributed by atoms with Crippen LogP contribution in [0.4, 0.5) is 0 Å². The van der Waals surface area contributed by atoms with Gasteiger partial charge in [0.2, 0.25) is 5.88 Å². The third kappa shape index (κ3) is 1.13. The molecule has 0 aliphatic carbocycles. The van der Waals surface area contributed by atoms with Gasteiger partial charge in [0.25, 0.3) is 5.91 Å². The standard InChI is InChI=1S/C8H14N2O2/c1-6-9(4)10(5)7(11)8(2,3)12-6/h1H2,2-5H3. The lowest BCUT2D eigenvalue weighted by molar-refractivity contribution is -0.186. The second kappa shape index (κ2) is 2.40. The van der Waals surface area contributed by atoms with E-state index in [1.165, 1.54) is 5.01 Å². The maximum Gasteiger partial charge on any atom is 0.284 e. The average Bonchev–Trinajstić information content (AvgIpc) is 1.97. The number of rotatable bonds is 0. The quantitative estimate of drug-likeness (QED) is 0.533. The molecule has 0 atom stereocenters. The molecule has 0 saturated carbocycles. The molecule has 0 N–H and O–H groups in total. The van der Waals surface area contributed by atoms with Gasteiger partial charge in [-0.25, -0.2) is 0 Å². The molecule has 0 radical (unpaired) electrons. The average molecular weight is 170 g/mol. The highest BCUT2D eigenvalue weighted by atomic mass is 16.5. The van der Waals surface area contributed by atoms with E-state index < -0.39 is 5.60 Å². The van der Waals surface area contributed by atoms with E-state index >= 15 is 0 Å². The monoisotopic (exact) mass is 170 g/mol. The number of hydrogen-bond acceptors (Lipinski definition) is 3. The number of amides is 1. The minimum atomic E-state index is -0.793. The minimum Gasteiger partial charge on any atom is -0.462 e. The van der Waals surface area contributed by atoms with Crippen molar-refractivity contribution in [3.63, 3.8) is 0 Å². The zero-order valence-corrected chi connectivity index (χ0v) is 7.92. The summed E-state index contributed by atoms with van der Waals surface area (Å²) in [5, 5.41) is 3.07. The molecule has 1 fully saturated rings. The van der Waals surface area contributed by atoms with Crippen molar-refractivity contribution in [3.05, 3.63) is 12.5 Å². The van der Waals surface area contributed by atoms with Crippen molar-refractivity contribution in [2.24, 2.45) is 0 Å². The predicted octanol–water partition coefficient (Wildman–Crippen LogP) is 0.572. The molecular formula is C8H14N2O2. The van der Waals surface area contributed by atoms with Crippen molar-refractivity contribution in [1.29, 1.82) is 0 Å². The van der Waals surface area contributed by atoms with Crippen LogP contribution in [0.1, 0.15) is 13.8 Å². The SMILES string of the molecule is C=C1OC(C)(C)C(=O)N(C)N1C. The first-order chi connectivity index (χ1) is 5.36. The van der Waals surface area contributed by atoms with Crippen molar-refractivity contribution < 1.29 is 9.53 Å². The summed E-state index contributed by atoms with van der Waals surface area (Å²) in [6, 6.07) is 0. The number of nitrogens with zero attached hydrogens (tertiary/aromatic N) is 2.